The Morgan fingerprint density at radius 3 is 2.29 bits per heavy atom. The summed E-state index contributed by atoms with van der Waals surface area (Å²) >= 11 is 7.75. The van der Waals surface area contributed by atoms with E-state index in [1.54, 1.807) is 11.8 Å². The van der Waals surface area contributed by atoms with Crippen LogP contribution in [0.25, 0.3) is 0 Å². The number of fused-ring (bicyclic) bond motifs is 2. The van der Waals surface area contributed by atoms with Crippen LogP contribution in [-0.2, 0) is 5.75 Å². The van der Waals surface area contributed by atoms with Gasteiger partial charge in [-0.1, -0.05) is 55.8 Å². The Hall–Kier alpha value is -2.43. The molecule has 0 aromatic heterocycles. The van der Waals surface area contributed by atoms with E-state index >= 15 is 0 Å². The highest BCUT2D eigenvalue weighted by Crippen LogP contribution is 2.39. The summed E-state index contributed by atoms with van der Waals surface area (Å²) in [6.07, 6.45) is 4.12. The molecule has 2 unspecified atom stereocenters. The van der Waals surface area contributed by atoms with E-state index in [-0.39, 0.29) is 24.1 Å². The molecule has 182 valence electrons. The fraction of sp³-hybridized carbons (Fsp3) is 0.367. The van der Waals surface area contributed by atoms with E-state index in [2.05, 4.69) is 49.1 Å². The van der Waals surface area contributed by atoms with Crippen LogP contribution in [0.15, 0.2) is 77.7 Å². The third-order valence-electron chi connectivity index (χ3n) is 7.18. The van der Waals surface area contributed by atoms with Gasteiger partial charge in [0.15, 0.2) is 0 Å². The van der Waals surface area contributed by atoms with E-state index in [4.69, 9.17) is 16.3 Å². The van der Waals surface area contributed by atoms with E-state index in [1.165, 1.54) is 16.0 Å². The van der Waals surface area contributed by atoms with Crippen molar-refractivity contribution in [2.45, 2.75) is 74.3 Å². The summed E-state index contributed by atoms with van der Waals surface area (Å²) in [7, 11) is 0. The smallest absolute Gasteiger partial charge is 0.254 e. The number of halogens is 1. The van der Waals surface area contributed by atoms with Crippen molar-refractivity contribution in [1.29, 1.82) is 0 Å². The summed E-state index contributed by atoms with van der Waals surface area (Å²) in [6.45, 7) is 4.41. The molecule has 5 heteroatoms. The number of amides is 1. The predicted octanol–water partition coefficient (Wildman–Crippen LogP) is 7.97. The Kier molecular flexibility index (Phi) is 7.40. The lowest BCUT2D eigenvalue weighted by Gasteiger charge is -2.39. The van der Waals surface area contributed by atoms with Crippen LogP contribution in [0.4, 0.5) is 0 Å². The fourth-order valence-corrected chi connectivity index (χ4v) is 6.37. The van der Waals surface area contributed by atoms with Crippen LogP contribution in [0.2, 0.25) is 5.02 Å². The minimum Gasteiger partial charge on any atom is -0.490 e. The summed E-state index contributed by atoms with van der Waals surface area (Å²) < 4.78 is 6.50. The monoisotopic (exact) mass is 505 g/mol. The summed E-state index contributed by atoms with van der Waals surface area (Å²) in [6, 6.07) is 24.9. The lowest BCUT2D eigenvalue weighted by molar-refractivity contribution is 0.0356. The number of hydrogen-bond donors (Lipinski definition) is 0. The molecule has 3 nitrogen and oxygen atoms in total. The molecule has 2 atom stereocenters. The van der Waals surface area contributed by atoms with E-state index in [1.807, 2.05) is 42.5 Å². The third kappa shape index (κ3) is 5.54. The molecule has 2 aliphatic heterocycles. The molecule has 0 N–H and O–H groups in total. The SMILES string of the molecule is CC(C)c1ccccc1OC1CC2CCC(C1)N2C(=O)c1ccc(CSc2ccc(Cl)cc2)cc1. The second-order valence-electron chi connectivity index (χ2n) is 9.94. The molecule has 0 saturated carbocycles. The van der Waals surface area contributed by atoms with Crippen LogP contribution in [-0.4, -0.2) is 29.0 Å². The van der Waals surface area contributed by atoms with Gasteiger partial charge in [-0.2, -0.15) is 0 Å². The second kappa shape index (κ2) is 10.7. The van der Waals surface area contributed by atoms with E-state index in [0.29, 0.717) is 5.92 Å². The molecule has 0 radical (unpaired) electrons. The Morgan fingerprint density at radius 1 is 0.971 bits per heavy atom. The third-order valence-corrected chi connectivity index (χ3v) is 8.51. The van der Waals surface area contributed by atoms with Crippen LogP contribution >= 0.6 is 23.4 Å². The van der Waals surface area contributed by atoms with Gasteiger partial charge >= 0.3 is 0 Å². The standard InChI is InChI=1S/C30H32ClNO2S/c1-20(2)28-5-3-4-6-29(28)34-26-17-24-13-14-25(18-26)32(24)30(33)22-9-7-21(8-10-22)19-35-27-15-11-23(31)12-16-27/h3-12,15-16,20,24-26H,13-14,17-19H2,1-2H3. The predicted molar refractivity (Wildman–Crippen MR) is 145 cm³/mol. The van der Waals surface area contributed by atoms with Gasteiger partial charge in [-0.05, 0) is 72.4 Å². The number of rotatable bonds is 7. The van der Waals surface area contributed by atoms with Gasteiger partial charge in [0.1, 0.15) is 11.9 Å². The highest BCUT2D eigenvalue weighted by atomic mass is 35.5. The van der Waals surface area contributed by atoms with Crippen molar-refractivity contribution in [3.05, 3.63) is 94.5 Å². The first-order chi connectivity index (χ1) is 17.0. The molecule has 2 heterocycles. The van der Waals surface area contributed by atoms with Crippen LogP contribution in [0, 0.1) is 0 Å². The molecule has 2 fully saturated rings. The molecule has 2 aliphatic rings. The van der Waals surface area contributed by atoms with Crippen molar-refractivity contribution in [2.75, 3.05) is 0 Å². The van der Waals surface area contributed by atoms with Crippen molar-refractivity contribution in [3.8, 4) is 5.75 Å². The summed E-state index contributed by atoms with van der Waals surface area (Å²) in [4.78, 5) is 16.8. The van der Waals surface area contributed by atoms with Crippen molar-refractivity contribution in [1.82, 2.24) is 4.90 Å². The van der Waals surface area contributed by atoms with Gasteiger partial charge in [-0.25, -0.2) is 0 Å². The molecule has 0 aliphatic carbocycles. The lowest BCUT2D eigenvalue weighted by atomic mass is 9.97. The maximum absolute atomic E-state index is 13.5. The molecule has 3 aromatic carbocycles. The van der Waals surface area contributed by atoms with Crippen molar-refractivity contribution < 1.29 is 9.53 Å². The normalized spacial score (nSPS) is 21.4. The molecule has 3 aromatic rings. The lowest BCUT2D eigenvalue weighted by Crippen LogP contribution is -2.49. The van der Waals surface area contributed by atoms with Gasteiger partial charge in [0.05, 0.1) is 0 Å². The molecular weight excluding hydrogens is 474 g/mol. The van der Waals surface area contributed by atoms with Crippen LogP contribution in [0.3, 0.4) is 0 Å². The number of ether oxygens (including phenoxy) is 1. The largest absolute Gasteiger partial charge is 0.490 e. The zero-order valence-corrected chi connectivity index (χ0v) is 21.9. The first-order valence-electron chi connectivity index (χ1n) is 12.5. The fourth-order valence-electron chi connectivity index (χ4n) is 5.39. The number of hydrogen-bond acceptors (Lipinski definition) is 3. The summed E-state index contributed by atoms with van der Waals surface area (Å²) in [5.41, 5.74) is 3.25. The zero-order chi connectivity index (χ0) is 24.4. The van der Waals surface area contributed by atoms with Gasteiger partial charge < -0.3 is 9.64 Å². The number of para-hydroxylation sites is 1. The summed E-state index contributed by atoms with van der Waals surface area (Å²) in [5, 5.41) is 0.752. The maximum Gasteiger partial charge on any atom is 0.254 e. The van der Waals surface area contributed by atoms with E-state index in [9.17, 15) is 4.79 Å². The first-order valence-corrected chi connectivity index (χ1v) is 13.9. The van der Waals surface area contributed by atoms with Crippen LogP contribution in [0.5, 0.6) is 5.75 Å². The minimum atomic E-state index is 0.162. The van der Waals surface area contributed by atoms with Gasteiger partial charge in [0.25, 0.3) is 5.91 Å². The number of piperidine rings is 1. The number of carbonyl (C=O) groups excluding carboxylic acids is 1. The van der Waals surface area contributed by atoms with Crippen LogP contribution < -0.4 is 4.74 Å². The molecule has 1 amide bonds. The molecule has 35 heavy (non-hydrogen) atoms. The van der Waals surface area contributed by atoms with Gasteiger partial charge in [-0.3, -0.25) is 4.79 Å². The number of thioether (sulfide) groups is 1. The quantitative estimate of drug-likeness (QED) is 0.305. The average Bonchev–Trinajstić information content (AvgIpc) is 3.13. The Labute approximate surface area is 217 Å². The van der Waals surface area contributed by atoms with Gasteiger partial charge in [-0.15, -0.1) is 11.8 Å². The highest BCUT2D eigenvalue weighted by Gasteiger charge is 2.44. The van der Waals surface area contributed by atoms with Crippen molar-refractivity contribution in [2.24, 2.45) is 0 Å². The average molecular weight is 506 g/mol. The Balaban J connectivity index is 1.20. The van der Waals surface area contributed by atoms with Gasteiger partial charge in [0, 0.05) is 46.2 Å². The molecular formula is C30H32ClNO2S. The number of nitrogens with zero attached hydrogens (tertiary/aromatic N) is 1. The number of benzene rings is 3. The molecule has 2 saturated heterocycles. The van der Waals surface area contributed by atoms with E-state index in [0.717, 1.165) is 47.8 Å². The first kappa shape index (κ1) is 24.3. The molecule has 5 rings (SSSR count). The minimum absolute atomic E-state index is 0.162. The van der Waals surface area contributed by atoms with Crippen molar-refractivity contribution in [3.63, 3.8) is 0 Å². The van der Waals surface area contributed by atoms with Crippen molar-refractivity contribution >= 4 is 29.3 Å². The maximum atomic E-state index is 13.5. The van der Waals surface area contributed by atoms with Crippen LogP contribution in [0.1, 0.15) is 66.9 Å². The Bertz CT molecular complexity index is 1150. The summed E-state index contributed by atoms with van der Waals surface area (Å²) in [5.74, 6) is 2.45. The number of carbonyl (C=O) groups is 1. The molecule has 2 bridgehead atoms. The topological polar surface area (TPSA) is 29.5 Å². The van der Waals surface area contributed by atoms with Gasteiger partial charge in [0.2, 0.25) is 0 Å². The molecule has 0 spiro atoms. The zero-order valence-electron chi connectivity index (χ0n) is 20.3. The second-order valence-corrected chi connectivity index (χ2v) is 11.4. The Morgan fingerprint density at radius 2 is 1.63 bits per heavy atom. The highest BCUT2D eigenvalue weighted by molar-refractivity contribution is 7.98. The van der Waals surface area contributed by atoms with E-state index < -0.39 is 0 Å².